The van der Waals surface area contributed by atoms with Crippen molar-refractivity contribution in [2.24, 2.45) is 23.7 Å². The van der Waals surface area contributed by atoms with Gasteiger partial charge in [0.1, 0.15) is 0 Å². The summed E-state index contributed by atoms with van der Waals surface area (Å²) in [5.41, 5.74) is 0. The summed E-state index contributed by atoms with van der Waals surface area (Å²) in [7, 11) is 0. The fourth-order valence-corrected chi connectivity index (χ4v) is 4.57. The van der Waals surface area contributed by atoms with E-state index >= 15 is 0 Å². The summed E-state index contributed by atoms with van der Waals surface area (Å²) in [5, 5.41) is 0. The first-order valence-corrected chi connectivity index (χ1v) is 7.78. The average Bonchev–Trinajstić information content (AvgIpc) is 3.28. The van der Waals surface area contributed by atoms with E-state index in [-0.39, 0.29) is 17.1 Å². The molecule has 0 nitrogen and oxygen atoms in total. The Morgan fingerprint density at radius 2 is 0.810 bits per heavy atom. The van der Waals surface area contributed by atoms with Gasteiger partial charge < -0.3 is 0 Å². The Hall–Kier alpha value is -0.000519. The van der Waals surface area contributed by atoms with E-state index in [1.807, 2.05) is 0 Å². The smallest absolute Gasteiger partial charge is 0 e. The maximum atomic E-state index is 2.35. The van der Waals surface area contributed by atoms with Crippen LogP contribution in [0.2, 0.25) is 0 Å². The number of fused-ring (bicyclic) bond motifs is 10. The van der Waals surface area contributed by atoms with E-state index < -0.39 is 0 Å². The average molecular weight is 314 g/mol. The first kappa shape index (κ1) is 14.6. The van der Waals surface area contributed by atoms with Crippen molar-refractivity contribution in [1.82, 2.24) is 0 Å². The van der Waals surface area contributed by atoms with E-state index in [0.29, 0.717) is 0 Å². The normalized spacial score (nSPS) is 43.0. The summed E-state index contributed by atoms with van der Waals surface area (Å²) in [6.45, 7) is 0. The molecule has 4 atom stereocenters. The molecule has 0 saturated heterocycles. The molecule has 21 heavy (non-hydrogen) atoms. The topological polar surface area (TPSA) is 0 Å². The van der Waals surface area contributed by atoms with Crippen LogP contribution in [0.25, 0.3) is 0 Å². The van der Waals surface area contributed by atoms with E-state index in [2.05, 4.69) is 62.8 Å². The molecule has 0 aromatic carbocycles. The van der Waals surface area contributed by atoms with Gasteiger partial charge in [-0.05, 0) is 98.7 Å². The molecule has 0 amide bonds. The Labute approximate surface area is 140 Å². The third-order valence-electron chi connectivity index (χ3n) is 5.53. The molecule has 0 aromatic rings. The largest absolute Gasteiger partial charge is 0.0845 e. The van der Waals surface area contributed by atoms with Gasteiger partial charge >= 0.3 is 0 Å². The van der Waals surface area contributed by atoms with Crippen LogP contribution in [0.3, 0.4) is 0 Å². The SMILES string of the molecule is [CH]1[CH][C]2[C]([CH]1)C1C=CC2C1.[CH]1[CH][C]2[C]([CH]1)C1C=CC2C1.[Fe]. The molecule has 0 heterocycles. The summed E-state index contributed by atoms with van der Waals surface area (Å²) in [4.78, 5) is 0. The standard InChI is InChI=1S/2C10H9.Fe/c2*1-2-9-7-4-5-8(6-7)10(9)3-1;/h2*1-5,7-8H,6H2;. The minimum absolute atomic E-state index is 0. The van der Waals surface area contributed by atoms with Gasteiger partial charge in [0.2, 0.25) is 0 Å². The van der Waals surface area contributed by atoms with E-state index in [4.69, 9.17) is 0 Å². The van der Waals surface area contributed by atoms with Crippen molar-refractivity contribution in [2.75, 3.05) is 0 Å². The Bertz CT molecular complexity index is 373. The Kier molecular flexibility index (Phi) is 3.87. The first-order chi connectivity index (χ1) is 9.90. The van der Waals surface area contributed by atoms with Gasteiger partial charge in [-0.3, -0.25) is 0 Å². The molecular weight excluding hydrogens is 296 g/mol. The van der Waals surface area contributed by atoms with Crippen molar-refractivity contribution in [3.05, 3.63) is 86.5 Å². The van der Waals surface area contributed by atoms with Crippen molar-refractivity contribution in [3.63, 3.8) is 0 Å². The van der Waals surface area contributed by atoms with Gasteiger partial charge in [0.25, 0.3) is 0 Å². The molecule has 6 aliphatic rings. The fourth-order valence-electron chi connectivity index (χ4n) is 4.57. The molecule has 4 unspecified atom stereocenters. The fraction of sp³-hybridized carbons (Fsp3) is 0.300. The molecule has 4 saturated carbocycles. The molecule has 0 aromatic heterocycles. The molecular formula is C20H18Fe. The summed E-state index contributed by atoms with van der Waals surface area (Å²) < 4.78 is 0. The van der Waals surface area contributed by atoms with Gasteiger partial charge in [-0.1, -0.05) is 24.3 Å². The Morgan fingerprint density at radius 3 is 1.10 bits per heavy atom. The molecule has 0 spiro atoms. The van der Waals surface area contributed by atoms with E-state index in [1.54, 1.807) is 23.7 Å². The monoisotopic (exact) mass is 314 g/mol. The summed E-state index contributed by atoms with van der Waals surface area (Å²) in [6.07, 6.45) is 25.5. The van der Waals surface area contributed by atoms with Gasteiger partial charge in [-0.15, -0.1) is 0 Å². The van der Waals surface area contributed by atoms with E-state index in [1.165, 1.54) is 12.8 Å². The summed E-state index contributed by atoms with van der Waals surface area (Å²) >= 11 is 0. The third-order valence-corrected chi connectivity index (χ3v) is 5.53. The quantitative estimate of drug-likeness (QED) is 0.469. The number of rotatable bonds is 0. The Balaban J connectivity index is 0.000000105. The minimum atomic E-state index is 0. The number of hydrogen-bond donors (Lipinski definition) is 0. The molecule has 0 aliphatic heterocycles. The zero-order chi connectivity index (χ0) is 13.1. The van der Waals surface area contributed by atoms with Gasteiger partial charge in [-0.25, -0.2) is 0 Å². The number of hydrogen-bond acceptors (Lipinski definition) is 0. The molecule has 106 valence electrons. The van der Waals surface area contributed by atoms with Crippen LogP contribution >= 0.6 is 0 Å². The van der Waals surface area contributed by atoms with Gasteiger partial charge in [0.15, 0.2) is 0 Å². The molecule has 0 N–H and O–H groups in total. The zero-order valence-corrected chi connectivity index (χ0v) is 13.0. The summed E-state index contributed by atoms with van der Waals surface area (Å²) in [5.74, 6) is 9.45. The first-order valence-electron chi connectivity index (χ1n) is 7.78. The second kappa shape index (κ2) is 5.57. The third kappa shape index (κ3) is 2.22. The van der Waals surface area contributed by atoms with Gasteiger partial charge in [-0.2, -0.15) is 0 Å². The van der Waals surface area contributed by atoms with Gasteiger partial charge in [0.05, 0.1) is 0 Å². The van der Waals surface area contributed by atoms with Crippen LogP contribution in [0.5, 0.6) is 0 Å². The van der Waals surface area contributed by atoms with Crippen LogP contribution in [0.4, 0.5) is 0 Å². The van der Waals surface area contributed by atoms with Crippen LogP contribution in [-0.4, -0.2) is 0 Å². The second-order valence-electron chi connectivity index (χ2n) is 6.54. The maximum absolute atomic E-state index is 2.35. The predicted molar refractivity (Wildman–Crippen MR) is 80.2 cm³/mol. The second-order valence-corrected chi connectivity index (χ2v) is 6.54. The number of allylic oxidation sites excluding steroid dienone is 4. The summed E-state index contributed by atoms with van der Waals surface area (Å²) in [6, 6.07) is 0. The van der Waals surface area contributed by atoms with E-state index in [9.17, 15) is 0 Å². The van der Waals surface area contributed by atoms with E-state index in [0.717, 1.165) is 23.7 Å². The van der Waals surface area contributed by atoms with Crippen LogP contribution in [-0.2, 0) is 17.1 Å². The molecule has 6 rings (SSSR count). The Morgan fingerprint density at radius 1 is 0.524 bits per heavy atom. The maximum Gasteiger partial charge on any atom is 0 e. The molecule has 10 radical (unpaired) electrons. The zero-order valence-electron chi connectivity index (χ0n) is 11.9. The van der Waals surface area contributed by atoms with Crippen molar-refractivity contribution < 1.29 is 17.1 Å². The van der Waals surface area contributed by atoms with Crippen LogP contribution in [0.15, 0.2) is 24.3 Å². The van der Waals surface area contributed by atoms with Crippen LogP contribution in [0, 0.1) is 85.9 Å². The molecule has 4 fully saturated rings. The van der Waals surface area contributed by atoms with Crippen LogP contribution < -0.4 is 0 Å². The van der Waals surface area contributed by atoms with Crippen molar-refractivity contribution >= 4 is 0 Å². The van der Waals surface area contributed by atoms with Crippen molar-refractivity contribution in [3.8, 4) is 0 Å². The molecule has 4 bridgehead atoms. The molecule has 1 heteroatoms. The molecule has 6 aliphatic carbocycles. The van der Waals surface area contributed by atoms with Crippen molar-refractivity contribution in [1.29, 1.82) is 0 Å². The predicted octanol–water partition coefficient (Wildman–Crippen LogP) is 3.93. The minimum Gasteiger partial charge on any atom is -0.0845 e. The van der Waals surface area contributed by atoms with Gasteiger partial charge in [0, 0.05) is 17.1 Å². The van der Waals surface area contributed by atoms with Crippen LogP contribution in [0.1, 0.15) is 12.8 Å². The van der Waals surface area contributed by atoms with Crippen molar-refractivity contribution in [2.45, 2.75) is 12.8 Å².